The first-order chi connectivity index (χ1) is 12.0. The highest BCUT2D eigenvalue weighted by atomic mass is 35.5. The normalized spacial score (nSPS) is 10.7. The standard InChI is InChI=1S/C18H15Cl2N3O2/c1-2-25-15-6-4-14(5-7-15)23-18(24)12(10-21)11-22-17-9-13(19)3-8-16(17)20/h3-9,11,22H,2H2,1H3,(H,23,24)/b12-11-. The number of halogens is 2. The predicted molar refractivity (Wildman–Crippen MR) is 100 cm³/mol. The van der Waals surface area contributed by atoms with Gasteiger partial charge in [0.05, 0.1) is 17.3 Å². The van der Waals surface area contributed by atoms with E-state index in [9.17, 15) is 10.1 Å². The summed E-state index contributed by atoms with van der Waals surface area (Å²) < 4.78 is 5.33. The molecule has 2 aromatic rings. The summed E-state index contributed by atoms with van der Waals surface area (Å²) in [5.74, 6) is 0.158. The zero-order chi connectivity index (χ0) is 18.2. The van der Waals surface area contributed by atoms with Gasteiger partial charge in [-0.05, 0) is 49.4 Å². The molecule has 0 heterocycles. The molecule has 0 saturated heterocycles. The fourth-order valence-corrected chi connectivity index (χ4v) is 2.25. The lowest BCUT2D eigenvalue weighted by molar-refractivity contribution is -0.112. The first kappa shape index (κ1) is 18.7. The largest absolute Gasteiger partial charge is 0.494 e. The van der Waals surface area contributed by atoms with Gasteiger partial charge < -0.3 is 15.4 Å². The number of nitriles is 1. The number of nitrogens with one attached hydrogen (secondary N) is 2. The van der Waals surface area contributed by atoms with Gasteiger partial charge in [-0.25, -0.2) is 0 Å². The minimum Gasteiger partial charge on any atom is -0.494 e. The molecule has 2 N–H and O–H groups in total. The minimum absolute atomic E-state index is 0.107. The number of carbonyl (C=O) groups excluding carboxylic acids is 1. The van der Waals surface area contributed by atoms with Crippen LogP contribution in [0.1, 0.15) is 6.92 Å². The summed E-state index contributed by atoms with van der Waals surface area (Å²) in [6.45, 7) is 2.45. The summed E-state index contributed by atoms with van der Waals surface area (Å²) >= 11 is 11.9. The Morgan fingerprint density at radius 1 is 1.24 bits per heavy atom. The average Bonchev–Trinajstić information content (AvgIpc) is 2.60. The number of benzene rings is 2. The second kappa shape index (κ2) is 8.97. The first-order valence-electron chi connectivity index (χ1n) is 7.39. The van der Waals surface area contributed by atoms with Crippen LogP contribution in [0.2, 0.25) is 10.0 Å². The Hall–Kier alpha value is -2.68. The molecule has 0 aromatic heterocycles. The third kappa shape index (κ3) is 5.42. The average molecular weight is 376 g/mol. The van der Waals surface area contributed by atoms with Gasteiger partial charge >= 0.3 is 0 Å². The zero-order valence-corrected chi connectivity index (χ0v) is 14.9. The molecule has 2 rings (SSSR count). The highest BCUT2D eigenvalue weighted by molar-refractivity contribution is 6.35. The fraction of sp³-hybridized carbons (Fsp3) is 0.111. The molecule has 0 spiro atoms. The third-order valence-electron chi connectivity index (χ3n) is 3.09. The molecule has 0 saturated carbocycles. The van der Waals surface area contributed by atoms with Crippen molar-refractivity contribution in [1.29, 1.82) is 5.26 Å². The lowest BCUT2D eigenvalue weighted by Crippen LogP contribution is -2.14. The maximum Gasteiger partial charge on any atom is 0.267 e. The molecular formula is C18H15Cl2N3O2. The predicted octanol–water partition coefficient (Wildman–Crippen LogP) is 4.85. The van der Waals surface area contributed by atoms with Gasteiger partial charge in [0.25, 0.3) is 5.91 Å². The highest BCUT2D eigenvalue weighted by Gasteiger charge is 2.10. The Morgan fingerprint density at radius 2 is 1.96 bits per heavy atom. The van der Waals surface area contributed by atoms with Crippen molar-refractivity contribution in [2.45, 2.75) is 6.92 Å². The van der Waals surface area contributed by atoms with Crippen molar-refractivity contribution in [2.24, 2.45) is 0 Å². The number of rotatable bonds is 6. The van der Waals surface area contributed by atoms with Gasteiger partial charge in [-0.2, -0.15) is 5.26 Å². The Bertz CT molecular complexity index is 827. The number of hydrogen-bond donors (Lipinski definition) is 2. The molecule has 2 aromatic carbocycles. The summed E-state index contributed by atoms with van der Waals surface area (Å²) in [4.78, 5) is 12.2. The molecule has 0 bridgehead atoms. The zero-order valence-electron chi connectivity index (χ0n) is 13.3. The van der Waals surface area contributed by atoms with Crippen LogP contribution in [0.15, 0.2) is 54.2 Å². The van der Waals surface area contributed by atoms with E-state index in [-0.39, 0.29) is 5.57 Å². The summed E-state index contributed by atoms with van der Waals surface area (Å²) in [6.07, 6.45) is 1.28. The molecule has 7 heteroatoms. The van der Waals surface area contributed by atoms with Gasteiger partial charge in [0.2, 0.25) is 0 Å². The van der Waals surface area contributed by atoms with Crippen LogP contribution in [0.25, 0.3) is 0 Å². The van der Waals surface area contributed by atoms with Gasteiger partial charge in [-0.3, -0.25) is 4.79 Å². The molecule has 1 amide bonds. The number of hydrogen-bond acceptors (Lipinski definition) is 4. The summed E-state index contributed by atoms with van der Waals surface area (Å²) in [5.41, 5.74) is 0.941. The van der Waals surface area contributed by atoms with E-state index < -0.39 is 5.91 Å². The van der Waals surface area contributed by atoms with Gasteiger partial charge in [0.15, 0.2) is 0 Å². The molecule has 0 aliphatic rings. The van der Waals surface area contributed by atoms with Crippen molar-refractivity contribution in [1.82, 2.24) is 0 Å². The van der Waals surface area contributed by atoms with E-state index in [4.69, 9.17) is 27.9 Å². The molecule has 128 valence electrons. The van der Waals surface area contributed by atoms with Crippen molar-refractivity contribution in [2.75, 3.05) is 17.2 Å². The van der Waals surface area contributed by atoms with Crippen molar-refractivity contribution in [3.05, 3.63) is 64.3 Å². The first-order valence-corrected chi connectivity index (χ1v) is 8.15. The van der Waals surface area contributed by atoms with E-state index in [0.717, 1.165) is 0 Å². The van der Waals surface area contributed by atoms with Crippen LogP contribution in [0.3, 0.4) is 0 Å². The molecule has 0 radical (unpaired) electrons. The highest BCUT2D eigenvalue weighted by Crippen LogP contribution is 2.25. The van der Waals surface area contributed by atoms with Crippen LogP contribution < -0.4 is 15.4 Å². The number of amides is 1. The Kier molecular flexibility index (Phi) is 6.70. The van der Waals surface area contributed by atoms with Gasteiger partial charge in [0.1, 0.15) is 17.4 Å². The maximum absolute atomic E-state index is 12.2. The van der Waals surface area contributed by atoms with Crippen LogP contribution in [-0.4, -0.2) is 12.5 Å². The van der Waals surface area contributed by atoms with Crippen LogP contribution >= 0.6 is 23.2 Å². The minimum atomic E-state index is -0.544. The summed E-state index contributed by atoms with van der Waals surface area (Å²) in [5, 5.41) is 15.6. The van der Waals surface area contributed by atoms with Crippen LogP contribution in [0, 0.1) is 11.3 Å². The molecule has 0 unspecified atom stereocenters. The Labute approximate surface area is 155 Å². The summed E-state index contributed by atoms with van der Waals surface area (Å²) in [6, 6.07) is 13.6. The van der Waals surface area contributed by atoms with Crippen molar-refractivity contribution < 1.29 is 9.53 Å². The molecule has 0 fully saturated rings. The third-order valence-corrected chi connectivity index (χ3v) is 3.65. The monoisotopic (exact) mass is 375 g/mol. The summed E-state index contributed by atoms with van der Waals surface area (Å²) in [7, 11) is 0. The quantitative estimate of drug-likeness (QED) is 0.558. The number of anilines is 2. The maximum atomic E-state index is 12.2. The molecule has 0 aliphatic heterocycles. The number of carbonyl (C=O) groups is 1. The number of ether oxygens (including phenoxy) is 1. The molecule has 0 aliphatic carbocycles. The van der Waals surface area contributed by atoms with Crippen LogP contribution in [0.4, 0.5) is 11.4 Å². The second-order valence-electron chi connectivity index (χ2n) is 4.85. The molecular weight excluding hydrogens is 361 g/mol. The van der Waals surface area contributed by atoms with Crippen molar-refractivity contribution in [3.8, 4) is 11.8 Å². The van der Waals surface area contributed by atoms with Crippen LogP contribution in [0.5, 0.6) is 5.75 Å². The molecule has 0 atom stereocenters. The second-order valence-corrected chi connectivity index (χ2v) is 5.69. The van der Waals surface area contributed by atoms with Crippen molar-refractivity contribution in [3.63, 3.8) is 0 Å². The Balaban J connectivity index is 2.07. The van der Waals surface area contributed by atoms with E-state index in [1.807, 2.05) is 13.0 Å². The Morgan fingerprint density at radius 3 is 2.60 bits per heavy atom. The smallest absolute Gasteiger partial charge is 0.267 e. The van der Waals surface area contributed by atoms with E-state index in [2.05, 4.69) is 10.6 Å². The lowest BCUT2D eigenvalue weighted by atomic mass is 10.2. The lowest BCUT2D eigenvalue weighted by Gasteiger charge is -2.08. The van der Waals surface area contributed by atoms with Gasteiger partial charge in [-0.15, -0.1) is 0 Å². The molecule has 25 heavy (non-hydrogen) atoms. The van der Waals surface area contributed by atoms with Gasteiger partial charge in [-0.1, -0.05) is 23.2 Å². The van der Waals surface area contributed by atoms with Crippen LogP contribution in [-0.2, 0) is 4.79 Å². The van der Waals surface area contributed by atoms with Gasteiger partial charge in [0, 0.05) is 16.9 Å². The van der Waals surface area contributed by atoms with E-state index in [0.29, 0.717) is 33.8 Å². The van der Waals surface area contributed by atoms with E-state index in [1.165, 1.54) is 6.20 Å². The van der Waals surface area contributed by atoms with E-state index in [1.54, 1.807) is 42.5 Å². The van der Waals surface area contributed by atoms with Crippen molar-refractivity contribution >= 4 is 40.5 Å². The van der Waals surface area contributed by atoms with E-state index >= 15 is 0 Å². The fourth-order valence-electron chi connectivity index (χ4n) is 1.91. The topological polar surface area (TPSA) is 74.1 Å². The molecule has 5 nitrogen and oxygen atoms in total. The number of nitrogens with zero attached hydrogens (tertiary/aromatic N) is 1. The SMILES string of the molecule is CCOc1ccc(NC(=O)/C(C#N)=C\Nc2cc(Cl)ccc2Cl)cc1.